The van der Waals surface area contributed by atoms with Gasteiger partial charge in [-0.1, -0.05) is 45.8 Å². The molecule has 94 valence electrons. The number of hydrogen-bond donors (Lipinski definition) is 0. The molecular formula is C17H19Br. The van der Waals surface area contributed by atoms with E-state index in [4.69, 9.17) is 0 Å². The summed E-state index contributed by atoms with van der Waals surface area (Å²) in [6.07, 6.45) is 0. The molecule has 0 amide bonds. The summed E-state index contributed by atoms with van der Waals surface area (Å²) in [5, 5.41) is 0. The molecule has 0 atom stereocenters. The van der Waals surface area contributed by atoms with Crippen LogP contribution in [0.25, 0.3) is 11.1 Å². The summed E-state index contributed by atoms with van der Waals surface area (Å²) in [7, 11) is 0. The van der Waals surface area contributed by atoms with Gasteiger partial charge in [-0.2, -0.15) is 0 Å². The number of rotatable bonds is 1. The van der Waals surface area contributed by atoms with Crippen molar-refractivity contribution in [2.45, 2.75) is 34.6 Å². The maximum absolute atomic E-state index is 3.70. The summed E-state index contributed by atoms with van der Waals surface area (Å²) in [6.45, 7) is 10.9. The molecule has 18 heavy (non-hydrogen) atoms. The van der Waals surface area contributed by atoms with Gasteiger partial charge in [0.25, 0.3) is 0 Å². The third kappa shape index (κ3) is 2.12. The molecule has 0 aromatic heterocycles. The van der Waals surface area contributed by atoms with Gasteiger partial charge < -0.3 is 0 Å². The van der Waals surface area contributed by atoms with Gasteiger partial charge in [0, 0.05) is 4.47 Å². The SMILES string of the molecule is Cc1ccc(-c2c(C)c(C)c(Br)c(C)c2C)cc1. The normalized spacial score (nSPS) is 10.8. The van der Waals surface area contributed by atoms with Crippen LogP contribution in [0.2, 0.25) is 0 Å². The Morgan fingerprint density at radius 3 is 1.56 bits per heavy atom. The highest BCUT2D eigenvalue weighted by Crippen LogP contribution is 2.36. The zero-order valence-electron chi connectivity index (χ0n) is 11.7. The van der Waals surface area contributed by atoms with Crippen LogP contribution in [0.5, 0.6) is 0 Å². The first-order chi connectivity index (χ1) is 8.43. The fourth-order valence-corrected chi connectivity index (χ4v) is 3.01. The highest BCUT2D eigenvalue weighted by atomic mass is 79.9. The molecule has 0 spiro atoms. The van der Waals surface area contributed by atoms with E-state index in [1.165, 1.54) is 43.4 Å². The minimum atomic E-state index is 1.24. The largest absolute Gasteiger partial charge is 0.0587 e. The third-order valence-electron chi connectivity index (χ3n) is 3.87. The van der Waals surface area contributed by atoms with Gasteiger partial charge in [-0.3, -0.25) is 0 Å². The first-order valence-electron chi connectivity index (χ1n) is 6.26. The average Bonchev–Trinajstić information content (AvgIpc) is 2.36. The fraction of sp³-hybridized carbons (Fsp3) is 0.294. The number of aryl methyl sites for hydroxylation is 1. The van der Waals surface area contributed by atoms with E-state index in [1.807, 2.05) is 0 Å². The van der Waals surface area contributed by atoms with Crippen LogP contribution in [0.1, 0.15) is 27.8 Å². The Morgan fingerprint density at radius 1 is 0.667 bits per heavy atom. The fourth-order valence-electron chi connectivity index (χ4n) is 2.42. The Labute approximate surface area is 118 Å². The summed E-state index contributed by atoms with van der Waals surface area (Å²) in [4.78, 5) is 0. The molecule has 2 rings (SSSR count). The quantitative estimate of drug-likeness (QED) is 0.638. The molecule has 0 unspecified atom stereocenters. The van der Waals surface area contributed by atoms with Crippen LogP contribution in [0, 0.1) is 34.6 Å². The molecule has 2 aromatic rings. The van der Waals surface area contributed by atoms with Crippen LogP contribution in [0.15, 0.2) is 28.7 Å². The van der Waals surface area contributed by atoms with Gasteiger partial charge in [0.1, 0.15) is 0 Å². The minimum absolute atomic E-state index is 1.24. The zero-order chi connectivity index (χ0) is 13.4. The molecule has 0 saturated heterocycles. The lowest BCUT2D eigenvalue weighted by Crippen LogP contribution is -1.97. The lowest BCUT2D eigenvalue weighted by atomic mass is 9.89. The van der Waals surface area contributed by atoms with Crippen molar-refractivity contribution in [1.29, 1.82) is 0 Å². The predicted octanol–water partition coefficient (Wildman–Crippen LogP) is 5.66. The highest BCUT2D eigenvalue weighted by Gasteiger charge is 2.14. The maximum atomic E-state index is 3.70. The van der Waals surface area contributed by atoms with Crippen molar-refractivity contribution >= 4 is 15.9 Å². The summed E-state index contributed by atoms with van der Waals surface area (Å²) in [6, 6.07) is 8.80. The number of benzene rings is 2. The molecule has 1 heteroatoms. The molecule has 0 saturated carbocycles. The Hall–Kier alpha value is -1.08. The van der Waals surface area contributed by atoms with Gasteiger partial charge in [0.05, 0.1) is 0 Å². The number of hydrogen-bond acceptors (Lipinski definition) is 0. The van der Waals surface area contributed by atoms with E-state index in [0.717, 1.165) is 0 Å². The molecule has 2 aromatic carbocycles. The summed E-state index contributed by atoms with van der Waals surface area (Å²) < 4.78 is 1.24. The van der Waals surface area contributed by atoms with Gasteiger partial charge in [0.2, 0.25) is 0 Å². The van der Waals surface area contributed by atoms with Crippen LogP contribution < -0.4 is 0 Å². The number of halogens is 1. The monoisotopic (exact) mass is 302 g/mol. The summed E-state index contributed by atoms with van der Waals surface area (Å²) >= 11 is 3.70. The van der Waals surface area contributed by atoms with Crippen LogP contribution in [-0.2, 0) is 0 Å². The Morgan fingerprint density at radius 2 is 1.11 bits per heavy atom. The standard InChI is InChI=1S/C17H19Br/c1-10-6-8-15(9-7-10)16-11(2)13(4)17(18)14(5)12(16)3/h6-9H,1-5H3. The second-order valence-electron chi connectivity index (χ2n) is 5.06. The van der Waals surface area contributed by atoms with Gasteiger partial charge in [-0.25, -0.2) is 0 Å². The molecule has 0 N–H and O–H groups in total. The second kappa shape index (κ2) is 4.89. The summed E-state index contributed by atoms with van der Waals surface area (Å²) in [5.74, 6) is 0. The zero-order valence-corrected chi connectivity index (χ0v) is 13.3. The average molecular weight is 303 g/mol. The van der Waals surface area contributed by atoms with E-state index in [-0.39, 0.29) is 0 Å². The second-order valence-corrected chi connectivity index (χ2v) is 5.85. The van der Waals surface area contributed by atoms with Gasteiger partial charge in [0.15, 0.2) is 0 Å². The lowest BCUT2D eigenvalue weighted by molar-refractivity contribution is 1.22. The van der Waals surface area contributed by atoms with Crippen molar-refractivity contribution in [3.63, 3.8) is 0 Å². The first kappa shape index (κ1) is 13.4. The van der Waals surface area contributed by atoms with Gasteiger partial charge in [-0.05, 0) is 68.0 Å². The van der Waals surface area contributed by atoms with E-state index in [2.05, 4.69) is 74.8 Å². The van der Waals surface area contributed by atoms with E-state index in [9.17, 15) is 0 Å². The smallest absolute Gasteiger partial charge is 0.0239 e. The van der Waals surface area contributed by atoms with Crippen molar-refractivity contribution in [3.8, 4) is 11.1 Å². The molecule has 0 heterocycles. The molecule has 0 fully saturated rings. The van der Waals surface area contributed by atoms with Crippen LogP contribution in [-0.4, -0.2) is 0 Å². The Balaban J connectivity index is 2.75. The summed E-state index contributed by atoms with van der Waals surface area (Å²) in [5.41, 5.74) is 9.42. The molecule has 0 bridgehead atoms. The van der Waals surface area contributed by atoms with Crippen LogP contribution >= 0.6 is 15.9 Å². The van der Waals surface area contributed by atoms with Crippen molar-refractivity contribution < 1.29 is 0 Å². The van der Waals surface area contributed by atoms with E-state index < -0.39 is 0 Å². The molecule has 0 nitrogen and oxygen atoms in total. The minimum Gasteiger partial charge on any atom is -0.0587 e. The molecule has 0 radical (unpaired) electrons. The van der Waals surface area contributed by atoms with Gasteiger partial charge in [-0.15, -0.1) is 0 Å². The van der Waals surface area contributed by atoms with E-state index >= 15 is 0 Å². The van der Waals surface area contributed by atoms with Crippen molar-refractivity contribution in [3.05, 3.63) is 56.6 Å². The Kier molecular flexibility index (Phi) is 3.63. The molecule has 0 aliphatic heterocycles. The molecule has 0 aliphatic rings. The Bertz CT molecular complexity index is 563. The van der Waals surface area contributed by atoms with Crippen molar-refractivity contribution in [1.82, 2.24) is 0 Å². The topological polar surface area (TPSA) is 0 Å². The van der Waals surface area contributed by atoms with Crippen LogP contribution in [0.3, 0.4) is 0 Å². The highest BCUT2D eigenvalue weighted by molar-refractivity contribution is 9.10. The lowest BCUT2D eigenvalue weighted by Gasteiger charge is -2.18. The molecular weight excluding hydrogens is 284 g/mol. The van der Waals surface area contributed by atoms with E-state index in [0.29, 0.717) is 0 Å². The third-order valence-corrected chi connectivity index (χ3v) is 5.06. The first-order valence-corrected chi connectivity index (χ1v) is 7.05. The molecule has 0 aliphatic carbocycles. The maximum Gasteiger partial charge on any atom is 0.0239 e. The van der Waals surface area contributed by atoms with Gasteiger partial charge >= 0.3 is 0 Å². The van der Waals surface area contributed by atoms with Crippen molar-refractivity contribution in [2.24, 2.45) is 0 Å². The van der Waals surface area contributed by atoms with Crippen molar-refractivity contribution in [2.75, 3.05) is 0 Å². The predicted molar refractivity (Wildman–Crippen MR) is 83.3 cm³/mol. The van der Waals surface area contributed by atoms with E-state index in [1.54, 1.807) is 0 Å². The van der Waals surface area contributed by atoms with Crippen LogP contribution in [0.4, 0.5) is 0 Å².